The van der Waals surface area contributed by atoms with E-state index in [1.54, 1.807) is 0 Å². The Bertz CT molecular complexity index is 521. The molecule has 0 N–H and O–H groups in total. The second kappa shape index (κ2) is 3.06. The maximum Gasteiger partial charge on any atom is 0.229 e. The molecule has 2 heterocycles. The van der Waals surface area contributed by atoms with Crippen LogP contribution in [0, 0.1) is 5.82 Å². The van der Waals surface area contributed by atoms with Crippen LogP contribution in [0.1, 0.15) is 11.7 Å². The van der Waals surface area contributed by atoms with Gasteiger partial charge in [-0.1, -0.05) is 11.6 Å². The van der Waals surface area contributed by atoms with Gasteiger partial charge in [0.1, 0.15) is 0 Å². The normalized spacial score (nSPS) is 10.8. The second-order valence-corrected chi connectivity index (χ2v) is 3.26. The molecule has 0 spiro atoms. The summed E-state index contributed by atoms with van der Waals surface area (Å²) >= 11 is 5.78. The summed E-state index contributed by atoms with van der Waals surface area (Å²) in [4.78, 5) is 15.0. The molecule has 0 aliphatic carbocycles. The molecule has 2 aromatic heterocycles. The average Bonchev–Trinajstić information content (AvgIpc) is 2.45. The van der Waals surface area contributed by atoms with E-state index in [1.165, 1.54) is 19.2 Å². The molecule has 0 atom stereocenters. The number of hydrogen-bond donors (Lipinski definition) is 0. The number of halogens is 2. The summed E-state index contributed by atoms with van der Waals surface area (Å²) in [6.45, 7) is 1.33. The molecule has 0 fully saturated rings. The van der Waals surface area contributed by atoms with Gasteiger partial charge in [0, 0.05) is 13.1 Å². The highest BCUT2D eigenvalue weighted by Gasteiger charge is 2.14. The van der Waals surface area contributed by atoms with E-state index in [9.17, 15) is 9.18 Å². The fraction of sp³-hybridized carbons (Fsp3) is 0.111. The second-order valence-electron chi connectivity index (χ2n) is 2.86. The van der Waals surface area contributed by atoms with Gasteiger partial charge in [-0.3, -0.25) is 9.36 Å². The van der Waals surface area contributed by atoms with E-state index in [0.29, 0.717) is 0 Å². The van der Waals surface area contributed by atoms with Crippen molar-refractivity contribution in [3.8, 4) is 0 Å². The Morgan fingerprint density at radius 2 is 2.36 bits per heavy atom. The first-order chi connectivity index (χ1) is 6.61. The van der Waals surface area contributed by atoms with E-state index in [1.807, 2.05) is 0 Å². The maximum absolute atomic E-state index is 13.3. The minimum atomic E-state index is -0.534. The molecule has 0 aliphatic rings. The van der Waals surface area contributed by atoms with Crippen molar-refractivity contribution >= 4 is 28.5 Å². The Hall–Kier alpha value is -1.42. The van der Waals surface area contributed by atoms with Crippen molar-refractivity contribution < 1.29 is 9.18 Å². The molecule has 0 amide bonds. The predicted octanol–water partition coefficient (Wildman–Crippen LogP) is 2.49. The van der Waals surface area contributed by atoms with E-state index < -0.39 is 5.82 Å². The number of pyridine rings is 1. The van der Waals surface area contributed by atoms with E-state index in [0.717, 1.165) is 10.8 Å². The van der Waals surface area contributed by atoms with E-state index in [4.69, 9.17) is 11.6 Å². The van der Waals surface area contributed by atoms with Gasteiger partial charge in [0.15, 0.2) is 11.5 Å². The minimum absolute atomic E-state index is 0.185. The van der Waals surface area contributed by atoms with E-state index in [2.05, 4.69) is 4.98 Å². The average molecular weight is 213 g/mol. The first-order valence-electron chi connectivity index (χ1n) is 3.93. The lowest BCUT2D eigenvalue weighted by Crippen LogP contribution is -2.03. The zero-order valence-corrected chi connectivity index (χ0v) is 8.05. The third-order valence-electron chi connectivity index (χ3n) is 1.93. The van der Waals surface area contributed by atoms with Gasteiger partial charge in [0.25, 0.3) is 0 Å². The highest BCUT2D eigenvalue weighted by molar-refractivity contribution is 6.35. The Balaban J connectivity index is 2.91. The van der Waals surface area contributed by atoms with Crippen molar-refractivity contribution in [3.63, 3.8) is 0 Å². The van der Waals surface area contributed by atoms with Gasteiger partial charge in [-0.05, 0) is 6.07 Å². The molecule has 0 unspecified atom stereocenters. The van der Waals surface area contributed by atoms with Crippen LogP contribution in [0.5, 0.6) is 0 Å². The molecule has 2 aromatic rings. The first-order valence-corrected chi connectivity index (χ1v) is 4.31. The molecular weight excluding hydrogens is 207 g/mol. The molecule has 0 aromatic carbocycles. The summed E-state index contributed by atoms with van der Waals surface area (Å²) in [6, 6.07) is 1.48. The molecule has 5 heteroatoms. The lowest BCUT2D eigenvalue weighted by Gasteiger charge is -1.97. The molecule has 14 heavy (non-hydrogen) atoms. The molecule has 0 saturated heterocycles. The molecule has 0 bridgehead atoms. The van der Waals surface area contributed by atoms with Crippen LogP contribution >= 0.6 is 11.6 Å². The Morgan fingerprint density at radius 1 is 1.64 bits per heavy atom. The summed E-state index contributed by atoms with van der Waals surface area (Å²) in [5, 5.41) is 0.442. The van der Waals surface area contributed by atoms with Crippen molar-refractivity contribution in [2.75, 3.05) is 0 Å². The fourth-order valence-electron chi connectivity index (χ4n) is 1.31. The minimum Gasteiger partial charge on any atom is -0.274 e. The summed E-state index contributed by atoms with van der Waals surface area (Å²) in [7, 11) is 0. The molecule has 0 saturated carbocycles. The van der Waals surface area contributed by atoms with Gasteiger partial charge in [0.05, 0.1) is 16.6 Å². The largest absolute Gasteiger partial charge is 0.274 e. The van der Waals surface area contributed by atoms with E-state index >= 15 is 0 Å². The van der Waals surface area contributed by atoms with Crippen LogP contribution in [0.3, 0.4) is 0 Å². The van der Waals surface area contributed by atoms with Gasteiger partial charge < -0.3 is 0 Å². The maximum atomic E-state index is 13.3. The number of nitrogens with zero attached hydrogens (tertiary/aromatic N) is 2. The number of hydrogen-bond acceptors (Lipinski definition) is 2. The molecular formula is C9H6ClFN2O. The third-order valence-corrected chi connectivity index (χ3v) is 2.24. The summed E-state index contributed by atoms with van der Waals surface area (Å²) in [5.74, 6) is -0.832. The number of carbonyl (C=O) groups is 1. The molecule has 0 radical (unpaired) electrons. The lowest BCUT2D eigenvalue weighted by molar-refractivity contribution is 0.0940. The van der Waals surface area contributed by atoms with Crippen molar-refractivity contribution in [2.24, 2.45) is 0 Å². The topological polar surface area (TPSA) is 34.9 Å². The van der Waals surface area contributed by atoms with Crippen LogP contribution in [0.2, 0.25) is 5.02 Å². The molecule has 72 valence electrons. The number of carbonyl (C=O) groups excluding carboxylic acids is 1. The van der Waals surface area contributed by atoms with E-state index in [-0.39, 0.29) is 22.0 Å². The van der Waals surface area contributed by atoms with Crippen LogP contribution in [0.4, 0.5) is 4.39 Å². The fourth-order valence-corrected chi connectivity index (χ4v) is 1.54. The quantitative estimate of drug-likeness (QED) is 0.673. The zero-order valence-electron chi connectivity index (χ0n) is 7.29. The van der Waals surface area contributed by atoms with Crippen molar-refractivity contribution in [1.82, 2.24) is 9.55 Å². The molecule has 2 rings (SSSR count). The van der Waals surface area contributed by atoms with Crippen molar-refractivity contribution in [1.29, 1.82) is 0 Å². The van der Waals surface area contributed by atoms with Gasteiger partial charge in [-0.25, -0.2) is 9.37 Å². The number of aromatic nitrogens is 2. The monoisotopic (exact) mass is 212 g/mol. The zero-order chi connectivity index (χ0) is 10.3. The van der Waals surface area contributed by atoms with Gasteiger partial charge >= 0.3 is 0 Å². The van der Waals surface area contributed by atoms with Crippen LogP contribution in [-0.4, -0.2) is 15.5 Å². The standard InChI is InChI=1S/C9H6ClFN2O/c1-5(14)13-4-7(11)8-6(10)2-3-12-9(8)13/h2-4H,1H3. The van der Waals surface area contributed by atoms with Gasteiger partial charge in [-0.2, -0.15) is 0 Å². The highest BCUT2D eigenvalue weighted by Crippen LogP contribution is 2.25. The smallest absolute Gasteiger partial charge is 0.229 e. The number of rotatable bonds is 0. The van der Waals surface area contributed by atoms with Gasteiger partial charge in [-0.15, -0.1) is 0 Å². The van der Waals surface area contributed by atoms with Crippen LogP contribution < -0.4 is 0 Å². The summed E-state index contributed by atoms with van der Waals surface area (Å²) in [6.07, 6.45) is 2.52. The summed E-state index contributed by atoms with van der Waals surface area (Å²) in [5.41, 5.74) is 0.252. The summed E-state index contributed by atoms with van der Waals surface area (Å²) < 4.78 is 14.5. The molecule has 3 nitrogen and oxygen atoms in total. The van der Waals surface area contributed by atoms with Crippen molar-refractivity contribution in [2.45, 2.75) is 6.92 Å². The Labute approximate surface area is 84.1 Å². The van der Waals surface area contributed by atoms with Gasteiger partial charge in [0.2, 0.25) is 5.91 Å². The predicted molar refractivity (Wildman–Crippen MR) is 51.0 cm³/mol. The number of fused-ring (bicyclic) bond motifs is 1. The first kappa shape index (κ1) is 9.15. The molecule has 0 aliphatic heterocycles. The van der Waals surface area contributed by atoms with Crippen LogP contribution in [0.15, 0.2) is 18.5 Å². The Kier molecular flexibility index (Phi) is 2.00. The third kappa shape index (κ3) is 1.19. The van der Waals surface area contributed by atoms with Crippen LogP contribution in [0.25, 0.3) is 11.0 Å². The SMILES string of the molecule is CC(=O)n1cc(F)c2c(Cl)ccnc21. The highest BCUT2D eigenvalue weighted by atomic mass is 35.5. The van der Waals surface area contributed by atoms with Crippen LogP contribution in [-0.2, 0) is 0 Å². The Morgan fingerprint density at radius 3 is 3.00 bits per heavy atom. The van der Waals surface area contributed by atoms with Crippen molar-refractivity contribution in [3.05, 3.63) is 29.3 Å². The lowest BCUT2D eigenvalue weighted by atomic mass is 10.3.